The maximum absolute atomic E-state index is 13.1. The molecule has 2 rings (SSSR count). The van der Waals surface area contributed by atoms with Crippen LogP contribution in [0.3, 0.4) is 0 Å². The molecule has 1 aliphatic carbocycles. The molecule has 1 aromatic carbocycles. The van der Waals surface area contributed by atoms with Crippen molar-refractivity contribution in [2.75, 3.05) is 6.26 Å². The molecular formula is C14H18F2N2O3S. The van der Waals surface area contributed by atoms with Crippen LogP contribution in [0.5, 0.6) is 0 Å². The van der Waals surface area contributed by atoms with Crippen LogP contribution in [0.4, 0.5) is 8.78 Å². The van der Waals surface area contributed by atoms with E-state index in [1.54, 1.807) is 0 Å². The van der Waals surface area contributed by atoms with Crippen molar-refractivity contribution in [2.24, 2.45) is 0 Å². The predicted molar refractivity (Wildman–Crippen MR) is 77.8 cm³/mol. The lowest BCUT2D eigenvalue weighted by Gasteiger charge is -2.29. The van der Waals surface area contributed by atoms with Crippen molar-refractivity contribution in [1.82, 2.24) is 10.0 Å². The quantitative estimate of drug-likeness (QED) is 0.878. The highest BCUT2D eigenvalue weighted by Crippen LogP contribution is 2.20. The summed E-state index contributed by atoms with van der Waals surface area (Å²) in [6.45, 7) is 0. The van der Waals surface area contributed by atoms with E-state index >= 15 is 0 Å². The van der Waals surface area contributed by atoms with Gasteiger partial charge in [-0.25, -0.2) is 21.9 Å². The van der Waals surface area contributed by atoms with Gasteiger partial charge in [-0.05, 0) is 37.8 Å². The van der Waals surface area contributed by atoms with Crippen LogP contribution >= 0.6 is 0 Å². The lowest BCUT2D eigenvalue weighted by molar-refractivity contribution is 0.0924. The SMILES string of the molecule is CS(=O)(=O)NC1CCC(NC(=O)c2cc(F)cc(F)c2)CC1. The van der Waals surface area contributed by atoms with Gasteiger partial charge in [-0.1, -0.05) is 0 Å². The zero-order valence-electron chi connectivity index (χ0n) is 12.1. The van der Waals surface area contributed by atoms with Crippen LogP contribution in [0.1, 0.15) is 36.0 Å². The zero-order valence-corrected chi connectivity index (χ0v) is 12.9. The van der Waals surface area contributed by atoms with Crippen molar-refractivity contribution >= 4 is 15.9 Å². The highest BCUT2D eigenvalue weighted by atomic mass is 32.2. The number of nitrogens with one attached hydrogen (secondary N) is 2. The topological polar surface area (TPSA) is 75.3 Å². The molecule has 1 amide bonds. The molecule has 8 heteroatoms. The minimum Gasteiger partial charge on any atom is -0.349 e. The van der Waals surface area contributed by atoms with Crippen molar-refractivity contribution in [3.8, 4) is 0 Å². The second kappa shape index (κ2) is 6.70. The molecule has 22 heavy (non-hydrogen) atoms. The van der Waals surface area contributed by atoms with Gasteiger partial charge in [0.05, 0.1) is 6.26 Å². The van der Waals surface area contributed by atoms with Crippen LogP contribution in [0, 0.1) is 11.6 Å². The largest absolute Gasteiger partial charge is 0.349 e. The van der Waals surface area contributed by atoms with E-state index < -0.39 is 27.6 Å². The molecule has 0 atom stereocenters. The fourth-order valence-corrected chi connectivity index (χ4v) is 3.45. The van der Waals surface area contributed by atoms with Gasteiger partial charge in [0.2, 0.25) is 10.0 Å². The van der Waals surface area contributed by atoms with Gasteiger partial charge in [-0.15, -0.1) is 0 Å². The van der Waals surface area contributed by atoms with Gasteiger partial charge in [0, 0.05) is 23.7 Å². The van der Waals surface area contributed by atoms with Crippen molar-refractivity contribution in [2.45, 2.75) is 37.8 Å². The van der Waals surface area contributed by atoms with Gasteiger partial charge in [-0.2, -0.15) is 0 Å². The van der Waals surface area contributed by atoms with Gasteiger partial charge in [0.15, 0.2) is 0 Å². The molecule has 1 aliphatic rings. The van der Waals surface area contributed by atoms with Crippen molar-refractivity contribution in [1.29, 1.82) is 0 Å². The number of carbonyl (C=O) groups is 1. The summed E-state index contributed by atoms with van der Waals surface area (Å²) in [5.41, 5.74) is -0.0612. The van der Waals surface area contributed by atoms with Crippen LogP contribution in [-0.2, 0) is 10.0 Å². The number of rotatable bonds is 4. The van der Waals surface area contributed by atoms with E-state index in [4.69, 9.17) is 0 Å². The van der Waals surface area contributed by atoms with E-state index in [0.717, 1.165) is 18.4 Å². The number of hydrogen-bond donors (Lipinski definition) is 2. The molecule has 0 aromatic heterocycles. The number of carbonyl (C=O) groups excluding carboxylic acids is 1. The van der Waals surface area contributed by atoms with Crippen LogP contribution in [-0.4, -0.2) is 32.7 Å². The summed E-state index contributed by atoms with van der Waals surface area (Å²) in [6, 6.07) is 2.41. The first kappa shape index (κ1) is 16.8. The molecule has 2 N–H and O–H groups in total. The third-order valence-corrected chi connectivity index (χ3v) is 4.33. The Morgan fingerprint density at radius 1 is 1.05 bits per heavy atom. The molecule has 0 heterocycles. The second-order valence-corrected chi connectivity index (χ2v) is 7.35. The third-order valence-electron chi connectivity index (χ3n) is 3.57. The van der Waals surface area contributed by atoms with E-state index in [9.17, 15) is 22.0 Å². The zero-order chi connectivity index (χ0) is 16.3. The Balaban J connectivity index is 1.89. The molecule has 0 unspecified atom stereocenters. The standard InChI is InChI=1S/C14H18F2N2O3S/c1-22(20,21)18-13-4-2-12(3-5-13)17-14(19)9-6-10(15)8-11(16)7-9/h6-8,12-13,18H,2-5H2,1H3,(H,17,19). The Labute approximate surface area is 128 Å². The first-order valence-electron chi connectivity index (χ1n) is 6.97. The second-order valence-electron chi connectivity index (χ2n) is 5.57. The molecule has 0 bridgehead atoms. The van der Waals surface area contributed by atoms with E-state index in [2.05, 4.69) is 10.0 Å². The Bertz CT molecular complexity index is 636. The lowest BCUT2D eigenvalue weighted by atomic mass is 9.91. The predicted octanol–water partition coefficient (Wildman–Crippen LogP) is 1.55. The van der Waals surface area contributed by atoms with E-state index in [1.165, 1.54) is 0 Å². The summed E-state index contributed by atoms with van der Waals surface area (Å²) in [7, 11) is -3.24. The molecular weight excluding hydrogens is 314 g/mol. The highest BCUT2D eigenvalue weighted by Gasteiger charge is 2.24. The van der Waals surface area contributed by atoms with Gasteiger partial charge in [0.25, 0.3) is 5.91 Å². The summed E-state index contributed by atoms with van der Waals surface area (Å²) >= 11 is 0. The first-order chi connectivity index (χ1) is 10.2. The molecule has 122 valence electrons. The molecule has 0 spiro atoms. The van der Waals surface area contributed by atoms with Gasteiger partial charge < -0.3 is 5.32 Å². The first-order valence-corrected chi connectivity index (χ1v) is 8.86. The Kier molecular flexibility index (Phi) is 5.12. The Morgan fingerprint density at radius 2 is 1.55 bits per heavy atom. The van der Waals surface area contributed by atoms with E-state index in [0.29, 0.717) is 31.7 Å². The normalized spacial score (nSPS) is 22.3. The number of amides is 1. The average molecular weight is 332 g/mol. The number of benzene rings is 1. The van der Waals surface area contributed by atoms with Crippen molar-refractivity contribution in [3.05, 3.63) is 35.4 Å². The molecule has 1 aromatic rings. The third kappa shape index (κ3) is 5.03. The fraction of sp³-hybridized carbons (Fsp3) is 0.500. The number of halogens is 2. The van der Waals surface area contributed by atoms with Gasteiger partial charge >= 0.3 is 0 Å². The number of sulfonamides is 1. The highest BCUT2D eigenvalue weighted by molar-refractivity contribution is 7.88. The molecule has 0 radical (unpaired) electrons. The van der Waals surface area contributed by atoms with Crippen molar-refractivity contribution in [3.63, 3.8) is 0 Å². The van der Waals surface area contributed by atoms with E-state index in [-0.39, 0.29) is 17.6 Å². The summed E-state index contributed by atoms with van der Waals surface area (Å²) in [5, 5.41) is 2.72. The molecule has 5 nitrogen and oxygen atoms in total. The lowest BCUT2D eigenvalue weighted by Crippen LogP contribution is -2.43. The van der Waals surface area contributed by atoms with Crippen LogP contribution < -0.4 is 10.0 Å². The summed E-state index contributed by atoms with van der Waals surface area (Å²) in [6.07, 6.45) is 3.54. The maximum Gasteiger partial charge on any atom is 0.251 e. The Hall–Kier alpha value is -1.54. The summed E-state index contributed by atoms with van der Waals surface area (Å²) < 4.78 is 51.0. The van der Waals surface area contributed by atoms with Gasteiger partial charge in [0.1, 0.15) is 11.6 Å². The smallest absolute Gasteiger partial charge is 0.251 e. The minimum absolute atomic E-state index is 0.0612. The minimum atomic E-state index is -3.24. The average Bonchev–Trinajstić information content (AvgIpc) is 2.38. The molecule has 1 saturated carbocycles. The van der Waals surface area contributed by atoms with E-state index in [1.807, 2.05) is 0 Å². The van der Waals surface area contributed by atoms with Crippen LogP contribution in [0.25, 0.3) is 0 Å². The molecule has 1 fully saturated rings. The fourth-order valence-electron chi connectivity index (χ4n) is 2.61. The molecule has 0 aliphatic heterocycles. The summed E-state index contributed by atoms with van der Waals surface area (Å²) in [4.78, 5) is 12.0. The number of hydrogen-bond acceptors (Lipinski definition) is 3. The monoisotopic (exact) mass is 332 g/mol. The maximum atomic E-state index is 13.1. The van der Waals surface area contributed by atoms with Crippen molar-refractivity contribution < 1.29 is 22.0 Å². The van der Waals surface area contributed by atoms with Crippen LogP contribution in [0.15, 0.2) is 18.2 Å². The Morgan fingerprint density at radius 3 is 2.05 bits per heavy atom. The van der Waals surface area contributed by atoms with Gasteiger partial charge in [-0.3, -0.25) is 4.79 Å². The molecule has 0 saturated heterocycles. The summed E-state index contributed by atoms with van der Waals surface area (Å²) in [5.74, 6) is -2.13. The van der Waals surface area contributed by atoms with Crippen LogP contribution in [0.2, 0.25) is 0 Å².